The molecule has 3 rings (SSSR count). The van der Waals surface area contributed by atoms with Crippen LogP contribution in [0.25, 0.3) is 0 Å². The van der Waals surface area contributed by atoms with Crippen molar-refractivity contribution in [3.05, 3.63) is 82.3 Å². The van der Waals surface area contributed by atoms with E-state index >= 15 is 0 Å². The number of carbonyl (C=O) groups excluding carboxylic acids is 1. The average molecular weight is 519 g/mol. The summed E-state index contributed by atoms with van der Waals surface area (Å²) in [7, 11) is -0.986. The van der Waals surface area contributed by atoms with E-state index in [1.165, 1.54) is 43.7 Å². The highest BCUT2D eigenvalue weighted by atomic mass is 79.9. The first-order chi connectivity index (χ1) is 15.3. The molecule has 0 aliphatic rings. The van der Waals surface area contributed by atoms with Gasteiger partial charge < -0.3 is 13.7 Å². The number of nitrogens with zero attached hydrogens (tertiary/aromatic N) is 1. The number of amides is 1. The Morgan fingerprint density at radius 1 is 0.938 bits per heavy atom. The minimum atomic E-state index is -4.02. The lowest BCUT2D eigenvalue weighted by atomic mass is 10.2. The van der Waals surface area contributed by atoms with Gasteiger partial charge in [-0.2, -0.15) is 13.5 Å². The van der Waals surface area contributed by atoms with Gasteiger partial charge in [-0.25, -0.2) is 5.43 Å². The zero-order valence-electron chi connectivity index (χ0n) is 17.1. The fraction of sp³-hybridized carbons (Fsp3) is 0.0909. The fourth-order valence-electron chi connectivity index (χ4n) is 2.55. The predicted octanol–water partition coefficient (Wildman–Crippen LogP) is 4.00. The Kier molecular flexibility index (Phi) is 7.49. The smallest absolute Gasteiger partial charge is 0.339 e. The number of carbonyl (C=O) groups is 1. The minimum Gasteiger partial charge on any atom is -0.497 e. The van der Waals surface area contributed by atoms with Crippen molar-refractivity contribution in [3.63, 3.8) is 0 Å². The van der Waals surface area contributed by atoms with Crippen LogP contribution in [0.2, 0.25) is 0 Å². The second-order valence-electron chi connectivity index (χ2n) is 6.33. The summed E-state index contributed by atoms with van der Waals surface area (Å²) in [6.45, 7) is 0. The van der Waals surface area contributed by atoms with Crippen LogP contribution in [0, 0.1) is 0 Å². The van der Waals surface area contributed by atoms with Gasteiger partial charge in [0.05, 0.1) is 24.9 Å². The topological polar surface area (TPSA) is 103 Å². The lowest BCUT2D eigenvalue weighted by Gasteiger charge is -2.09. The molecule has 0 saturated carbocycles. The Morgan fingerprint density at radius 2 is 1.53 bits per heavy atom. The molecule has 0 fully saturated rings. The summed E-state index contributed by atoms with van der Waals surface area (Å²) in [4.78, 5) is 12.1. The molecular formula is C22H19BrN2O6S. The van der Waals surface area contributed by atoms with Gasteiger partial charge in [-0.15, -0.1) is 0 Å². The number of hydrogen-bond acceptors (Lipinski definition) is 7. The molecule has 10 heteroatoms. The standard InChI is InChI=1S/C22H19BrN2O6S/c1-29-17-6-4-16(5-7-17)22(26)25-24-14-15-3-12-21(20(23)13-15)31-32(27,28)19-10-8-18(30-2)9-11-19/h3-14H,1-2H3,(H,25,26)/b24-14-. The molecule has 1 N–H and O–H groups in total. The molecular weight excluding hydrogens is 500 g/mol. The van der Waals surface area contributed by atoms with Gasteiger partial charge in [0.1, 0.15) is 16.4 Å². The van der Waals surface area contributed by atoms with Gasteiger partial charge in [0.25, 0.3) is 5.91 Å². The summed E-state index contributed by atoms with van der Waals surface area (Å²) < 4.78 is 40.7. The van der Waals surface area contributed by atoms with Crippen LogP contribution < -0.4 is 19.1 Å². The van der Waals surface area contributed by atoms with Crippen LogP contribution in [-0.2, 0) is 10.1 Å². The maximum Gasteiger partial charge on any atom is 0.339 e. The third kappa shape index (κ3) is 5.86. The number of hydrogen-bond donors (Lipinski definition) is 1. The highest BCUT2D eigenvalue weighted by Crippen LogP contribution is 2.29. The molecule has 0 aliphatic heterocycles. The van der Waals surface area contributed by atoms with Crippen molar-refractivity contribution in [2.24, 2.45) is 5.10 Å². The first kappa shape index (κ1) is 23.3. The van der Waals surface area contributed by atoms with E-state index in [-0.39, 0.29) is 16.6 Å². The van der Waals surface area contributed by atoms with E-state index in [0.717, 1.165) is 0 Å². The fourth-order valence-corrected chi connectivity index (χ4v) is 4.08. The molecule has 0 atom stereocenters. The molecule has 8 nitrogen and oxygen atoms in total. The zero-order valence-corrected chi connectivity index (χ0v) is 19.5. The van der Waals surface area contributed by atoms with Crippen LogP contribution in [-0.4, -0.2) is 34.8 Å². The van der Waals surface area contributed by atoms with E-state index in [2.05, 4.69) is 26.5 Å². The molecule has 3 aromatic rings. The van der Waals surface area contributed by atoms with Crippen molar-refractivity contribution in [3.8, 4) is 17.2 Å². The molecule has 0 aliphatic carbocycles. The lowest BCUT2D eigenvalue weighted by Crippen LogP contribution is -2.17. The predicted molar refractivity (Wildman–Crippen MR) is 123 cm³/mol. The molecule has 0 bridgehead atoms. The molecule has 0 saturated heterocycles. The van der Waals surface area contributed by atoms with Crippen molar-refractivity contribution < 1.29 is 26.9 Å². The third-order valence-electron chi connectivity index (χ3n) is 4.24. The van der Waals surface area contributed by atoms with Crippen LogP contribution in [0.1, 0.15) is 15.9 Å². The number of methoxy groups -OCH3 is 2. The second kappa shape index (κ2) is 10.3. The Balaban J connectivity index is 1.65. The van der Waals surface area contributed by atoms with Crippen LogP contribution in [0.3, 0.4) is 0 Å². The SMILES string of the molecule is COc1ccc(C(=O)N/N=C\c2ccc(OS(=O)(=O)c3ccc(OC)cc3)c(Br)c2)cc1. The van der Waals surface area contributed by atoms with Crippen LogP contribution in [0.4, 0.5) is 0 Å². The van der Waals surface area contributed by atoms with Crippen molar-refractivity contribution in [2.45, 2.75) is 4.90 Å². The third-order valence-corrected chi connectivity index (χ3v) is 6.10. The van der Waals surface area contributed by atoms with Crippen molar-refractivity contribution >= 4 is 38.2 Å². The molecule has 0 spiro atoms. The molecule has 1 amide bonds. The maximum absolute atomic E-state index is 12.5. The Morgan fingerprint density at radius 3 is 2.09 bits per heavy atom. The minimum absolute atomic E-state index is 0.00270. The van der Waals surface area contributed by atoms with Gasteiger partial charge >= 0.3 is 10.1 Å². The highest BCUT2D eigenvalue weighted by Gasteiger charge is 2.18. The quantitative estimate of drug-likeness (QED) is 0.274. The zero-order chi connectivity index (χ0) is 23.1. The Hall–Kier alpha value is -3.37. The maximum atomic E-state index is 12.5. The summed E-state index contributed by atoms with van der Waals surface area (Å²) in [5, 5.41) is 3.92. The van der Waals surface area contributed by atoms with Crippen LogP contribution in [0.15, 0.2) is 81.2 Å². The molecule has 0 radical (unpaired) electrons. The van der Waals surface area contributed by atoms with Crippen LogP contribution >= 0.6 is 15.9 Å². The molecule has 0 heterocycles. The van der Waals surface area contributed by atoms with Crippen LogP contribution in [0.5, 0.6) is 17.2 Å². The van der Waals surface area contributed by atoms with Crippen molar-refractivity contribution in [1.29, 1.82) is 0 Å². The molecule has 0 unspecified atom stereocenters. The summed E-state index contributed by atoms with van der Waals surface area (Å²) in [6.07, 6.45) is 1.42. The van der Waals surface area contributed by atoms with Crippen molar-refractivity contribution in [1.82, 2.24) is 5.43 Å². The number of benzene rings is 3. The van der Waals surface area contributed by atoms with E-state index < -0.39 is 10.1 Å². The summed E-state index contributed by atoms with van der Waals surface area (Å²) in [5.74, 6) is 0.910. The Bertz CT molecular complexity index is 1230. The first-order valence-corrected chi connectivity index (χ1v) is 11.4. The summed E-state index contributed by atoms with van der Waals surface area (Å²) in [6, 6.07) is 17.2. The number of halogens is 1. The van der Waals surface area contributed by atoms with Crippen molar-refractivity contribution in [2.75, 3.05) is 14.2 Å². The van der Waals surface area contributed by atoms with E-state index in [0.29, 0.717) is 27.1 Å². The molecule has 3 aromatic carbocycles. The highest BCUT2D eigenvalue weighted by molar-refractivity contribution is 9.10. The summed E-state index contributed by atoms with van der Waals surface area (Å²) >= 11 is 3.30. The summed E-state index contributed by atoms with van der Waals surface area (Å²) in [5.41, 5.74) is 3.46. The largest absolute Gasteiger partial charge is 0.497 e. The van der Waals surface area contributed by atoms with E-state index in [1.54, 1.807) is 43.5 Å². The van der Waals surface area contributed by atoms with E-state index in [9.17, 15) is 13.2 Å². The molecule has 166 valence electrons. The van der Waals surface area contributed by atoms with E-state index in [4.69, 9.17) is 13.7 Å². The number of hydrazone groups is 1. The van der Waals surface area contributed by atoms with E-state index in [1.807, 2.05) is 0 Å². The van der Waals surface area contributed by atoms with Gasteiger partial charge in [0, 0.05) is 5.56 Å². The van der Waals surface area contributed by atoms with Gasteiger partial charge in [-0.05, 0) is 88.2 Å². The Labute approximate surface area is 194 Å². The second-order valence-corrected chi connectivity index (χ2v) is 8.73. The van der Waals surface area contributed by atoms with Gasteiger partial charge in [0.15, 0.2) is 5.75 Å². The first-order valence-electron chi connectivity index (χ1n) is 9.18. The monoisotopic (exact) mass is 518 g/mol. The number of nitrogens with one attached hydrogen (secondary N) is 1. The van der Waals surface area contributed by atoms with Gasteiger partial charge in [-0.3, -0.25) is 4.79 Å². The molecule has 0 aromatic heterocycles. The average Bonchev–Trinajstić information content (AvgIpc) is 2.80. The normalized spacial score (nSPS) is 11.2. The molecule has 32 heavy (non-hydrogen) atoms. The number of rotatable bonds is 8. The van der Waals surface area contributed by atoms with Gasteiger partial charge in [0.2, 0.25) is 0 Å². The number of ether oxygens (including phenoxy) is 2. The van der Waals surface area contributed by atoms with Gasteiger partial charge in [-0.1, -0.05) is 0 Å². The lowest BCUT2D eigenvalue weighted by molar-refractivity contribution is 0.0955.